The summed E-state index contributed by atoms with van der Waals surface area (Å²) in [6, 6.07) is 4.74. The van der Waals surface area contributed by atoms with E-state index in [0.29, 0.717) is 0 Å². The largest absolute Gasteiger partial charge is 0.407 e. The fourth-order valence-corrected chi connectivity index (χ4v) is 1.50. The zero-order valence-electron chi connectivity index (χ0n) is 9.01. The average molecular weight is 232 g/mol. The maximum atomic E-state index is 12.8. The van der Waals surface area contributed by atoms with E-state index >= 15 is 0 Å². The van der Waals surface area contributed by atoms with Gasteiger partial charge in [0, 0.05) is 13.1 Å². The Kier molecular flexibility index (Phi) is 4.32. The van der Waals surface area contributed by atoms with Crippen molar-refractivity contribution < 1.29 is 13.2 Å². The summed E-state index contributed by atoms with van der Waals surface area (Å²) in [6.07, 6.45) is -4.30. The standard InChI is InChI=1S/C11H15F3N2/c1-8-3-2-4-9(7-8)10(11(12,13)14)16-6-5-15/h2-4,7,10,16H,5-6,15H2,1H3. The van der Waals surface area contributed by atoms with Crippen molar-refractivity contribution >= 4 is 0 Å². The fraction of sp³-hybridized carbons (Fsp3) is 0.455. The first-order valence-corrected chi connectivity index (χ1v) is 5.02. The molecule has 1 rings (SSSR count). The summed E-state index contributed by atoms with van der Waals surface area (Å²) in [5, 5.41) is 2.40. The minimum Gasteiger partial charge on any atom is -0.329 e. The normalized spacial score (nSPS) is 13.8. The van der Waals surface area contributed by atoms with Crippen molar-refractivity contribution in [3.8, 4) is 0 Å². The van der Waals surface area contributed by atoms with Crippen molar-refractivity contribution in [1.82, 2.24) is 5.32 Å². The molecule has 0 amide bonds. The van der Waals surface area contributed by atoms with E-state index in [9.17, 15) is 13.2 Å². The van der Waals surface area contributed by atoms with E-state index in [1.807, 2.05) is 0 Å². The molecule has 0 fully saturated rings. The molecule has 2 nitrogen and oxygen atoms in total. The van der Waals surface area contributed by atoms with Crippen LogP contribution in [-0.2, 0) is 0 Å². The van der Waals surface area contributed by atoms with Crippen LogP contribution in [0.3, 0.4) is 0 Å². The van der Waals surface area contributed by atoms with E-state index in [-0.39, 0.29) is 18.7 Å². The number of benzene rings is 1. The molecule has 0 saturated heterocycles. The Morgan fingerprint density at radius 2 is 2.06 bits per heavy atom. The number of hydrogen-bond donors (Lipinski definition) is 2. The lowest BCUT2D eigenvalue weighted by Gasteiger charge is -2.22. The number of aryl methyl sites for hydroxylation is 1. The van der Waals surface area contributed by atoms with Crippen LogP contribution in [0.15, 0.2) is 24.3 Å². The molecule has 16 heavy (non-hydrogen) atoms. The van der Waals surface area contributed by atoms with Gasteiger partial charge >= 0.3 is 6.18 Å². The summed E-state index contributed by atoms with van der Waals surface area (Å²) >= 11 is 0. The maximum absolute atomic E-state index is 12.8. The van der Waals surface area contributed by atoms with E-state index < -0.39 is 12.2 Å². The van der Waals surface area contributed by atoms with E-state index in [2.05, 4.69) is 5.32 Å². The molecule has 0 aliphatic rings. The number of alkyl halides is 3. The third-order valence-corrected chi connectivity index (χ3v) is 2.20. The van der Waals surface area contributed by atoms with Gasteiger partial charge in [0.05, 0.1) is 0 Å². The van der Waals surface area contributed by atoms with Crippen LogP contribution in [0.5, 0.6) is 0 Å². The molecular formula is C11H15F3N2. The Morgan fingerprint density at radius 3 is 2.56 bits per heavy atom. The van der Waals surface area contributed by atoms with Crippen molar-refractivity contribution in [2.24, 2.45) is 5.73 Å². The lowest BCUT2D eigenvalue weighted by Crippen LogP contribution is -2.36. The summed E-state index contributed by atoms with van der Waals surface area (Å²) in [4.78, 5) is 0. The van der Waals surface area contributed by atoms with E-state index in [1.165, 1.54) is 12.1 Å². The van der Waals surface area contributed by atoms with Crippen LogP contribution >= 0.6 is 0 Å². The second-order valence-electron chi connectivity index (χ2n) is 3.63. The number of hydrogen-bond acceptors (Lipinski definition) is 2. The molecule has 3 N–H and O–H groups in total. The van der Waals surface area contributed by atoms with Crippen LogP contribution in [0.4, 0.5) is 13.2 Å². The van der Waals surface area contributed by atoms with Gasteiger partial charge in [-0.3, -0.25) is 0 Å². The minimum absolute atomic E-state index is 0.137. The summed E-state index contributed by atoms with van der Waals surface area (Å²) in [5.41, 5.74) is 6.23. The van der Waals surface area contributed by atoms with Gasteiger partial charge in [-0.15, -0.1) is 0 Å². The van der Waals surface area contributed by atoms with Crippen molar-refractivity contribution in [3.63, 3.8) is 0 Å². The molecule has 0 saturated carbocycles. The van der Waals surface area contributed by atoms with Gasteiger partial charge in [-0.1, -0.05) is 29.8 Å². The van der Waals surface area contributed by atoms with Gasteiger partial charge in [0.2, 0.25) is 0 Å². The number of nitrogens with one attached hydrogen (secondary N) is 1. The van der Waals surface area contributed by atoms with Gasteiger partial charge in [0.1, 0.15) is 6.04 Å². The van der Waals surface area contributed by atoms with Gasteiger partial charge in [-0.25, -0.2) is 0 Å². The Hall–Kier alpha value is -1.07. The summed E-state index contributed by atoms with van der Waals surface area (Å²) < 4.78 is 38.3. The zero-order valence-corrected chi connectivity index (χ0v) is 9.01. The number of nitrogens with two attached hydrogens (primary N) is 1. The molecule has 1 aromatic carbocycles. The molecule has 1 aromatic rings. The molecule has 0 radical (unpaired) electrons. The van der Waals surface area contributed by atoms with Gasteiger partial charge in [0.25, 0.3) is 0 Å². The number of halogens is 3. The molecule has 0 aliphatic heterocycles. The van der Waals surface area contributed by atoms with Crippen molar-refractivity contribution in [2.45, 2.75) is 19.1 Å². The highest BCUT2D eigenvalue weighted by Crippen LogP contribution is 2.32. The topological polar surface area (TPSA) is 38.0 Å². The van der Waals surface area contributed by atoms with Gasteiger partial charge < -0.3 is 11.1 Å². The van der Waals surface area contributed by atoms with Crippen LogP contribution in [0.25, 0.3) is 0 Å². The first kappa shape index (κ1) is 13.0. The quantitative estimate of drug-likeness (QED) is 0.834. The van der Waals surface area contributed by atoms with Crippen molar-refractivity contribution in [2.75, 3.05) is 13.1 Å². The molecule has 0 aromatic heterocycles. The first-order valence-electron chi connectivity index (χ1n) is 5.02. The van der Waals surface area contributed by atoms with Gasteiger partial charge in [-0.05, 0) is 12.5 Å². The SMILES string of the molecule is Cc1cccc(C(NCCN)C(F)(F)F)c1. The molecule has 1 atom stereocenters. The van der Waals surface area contributed by atoms with Crippen LogP contribution in [-0.4, -0.2) is 19.3 Å². The molecule has 0 heterocycles. The monoisotopic (exact) mass is 232 g/mol. The number of rotatable bonds is 4. The molecule has 0 spiro atoms. The van der Waals surface area contributed by atoms with E-state index in [1.54, 1.807) is 19.1 Å². The Labute approximate surface area is 92.6 Å². The van der Waals surface area contributed by atoms with Crippen LogP contribution < -0.4 is 11.1 Å². The lowest BCUT2D eigenvalue weighted by molar-refractivity contribution is -0.157. The molecule has 1 unspecified atom stereocenters. The summed E-state index contributed by atoms with van der Waals surface area (Å²) in [6.45, 7) is 2.08. The van der Waals surface area contributed by atoms with Crippen molar-refractivity contribution in [1.29, 1.82) is 0 Å². The van der Waals surface area contributed by atoms with Crippen LogP contribution in [0, 0.1) is 6.92 Å². The first-order chi connectivity index (χ1) is 7.45. The lowest BCUT2D eigenvalue weighted by atomic mass is 10.0. The van der Waals surface area contributed by atoms with Crippen LogP contribution in [0.2, 0.25) is 0 Å². The Morgan fingerprint density at radius 1 is 1.38 bits per heavy atom. The third-order valence-electron chi connectivity index (χ3n) is 2.20. The highest BCUT2D eigenvalue weighted by molar-refractivity contribution is 5.26. The molecule has 0 bridgehead atoms. The van der Waals surface area contributed by atoms with Gasteiger partial charge in [-0.2, -0.15) is 13.2 Å². The predicted molar refractivity (Wildman–Crippen MR) is 57.0 cm³/mol. The average Bonchev–Trinajstić information content (AvgIpc) is 2.16. The second-order valence-corrected chi connectivity index (χ2v) is 3.63. The molecular weight excluding hydrogens is 217 g/mol. The second kappa shape index (κ2) is 5.32. The maximum Gasteiger partial charge on any atom is 0.407 e. The predicted octanol–water partition coefficient (Wildman–Crippen LogP) is 2.15. The molecule has 0 aliphatic carbocycles. The molecule has 5 heteroatoms. The van der Waals surface area contributed by atoms with E-state index in [4.69, 9.17) is 5.73 Å². The fourth-order valence-electron chi connectivity index (χ4n) is 1.50. The highest BCUT2D eigenvalue weighted by atomic mass is 19.4. The highest BCUT2D eigenvalue weighted by Gasteiger charge is 2.40. The summed E-state index contributed by atoms with van der Waals surface area (Å²) in [5.74, 6) is 0. The van der Waals surface area contributed by atoms with Crippen LogP contribution in [0.1, 0.15) is 17.2 Å². The Balaban J connectivity index is 2.92. The minimum atomic E-state index is -4.30. The Bertz CT molecular complexity index is 336. The van der Waals surface area contributed by atoms with E-state index in [0.717, 1.165) is 5.56 Å². The van der Waals surface area contributed by atoms with Crippen molar-refractivity contribution in [3.05, 3.63) is 35.4 Å². The third kappa shape index (κ3) is 3.50. The summed E-state index contributed by atoms with van der Waals surface area (Å²) in [7, 11) is 0. The zero-order chi connectivity index (χ0) is 12.2. The van der Waals surface area contributed by atoms with Gasteiger partial charge in [0.15, 0.2) is 0 Å². The smallest absolute Gasteiger partial charge is 0.329 e. The molecule has 90 valence electrons.